The number of aryl methyl sites for hydroxylation is 1. The molecule has 0 spiro atoms. The quantitative estimate of drug-likeness (QED) is 0.854. The highest BCUT2D eigenvalue weighted by molar-refractivity contribution is 5.81. The summed E-state index contributed by atoms with van der Waals surface area (Å²) in [7, 11) is 0. The lowest BCUT2D eigenvalue weighted by atomic mass is 10.1. The van der Waals surface area contributed by atoms with Crippen molar-refractivity contribution >= 4 is 11.8 Å². The van der Waals surface area contributed by atoms with Crippen LogP contribution in [0.15, 0.2) is 28.8 Å². The van der Waals surface area contributed by atoms with Gasteiger partial charge in [-0.15, -0.1) is 0 Å². The number of likely N-dealkylation sites (tertiary alicyclic amines) is 1. The number of nitrogens with two attached hydrogens (primary N) is 1. The average Bonchev–Trinajstić information content (AvgIpc) is 3.25. The van der Waals surface area contributed by atoms with E-state index in [1.54, 1.807) is 17.0 Å². The summed E-state index contributed by atoms with van der Waals surface area (Å²) in [6, 6.07) is 5.82. The van der Waals surface area contributed by atoms with Crippen LogP contribution in [0.2, 0.25) is 0 Å². The van der Waals surface area contributed by atoms with Crippen LogP contribution in [0.1, 0.15) is 25.2 Å². The molecule has 0 unspecified atom stereocenters. The molecule has 1 aromatic heterocycles. The summed E-state index contributed by atoms with van der Waals surface area (Å²) in [6.45, 7) is 0.977. The van der Waals surface area contributed by atoms with E-state index in [2.05, 4.69) is 10.1 Å². The molecule has 2 heterocycles. The first-order chi connectivity index (χ1) is 12.0. The molecule has 1 aromatic carbocycles. The topological polar surface area (TPSA) is 102 Å². The van der Waals surface area contributed by atoms with Gasteiger partial charge in [-0.1, -0.05) is 5.16 Å². The van der Waals surface area contributed by atoms with Gasteiger partial charge in [0.25, 0.3) is 0 Å². The highest BCUT2D eigenvalue weighted by atomic mass is 19.1. The third-order valence-corrected chi connectivity index (χ3v) is 4.30. The summed E-state index contributed by atoms with van der Waals surface area (Å²) >= 11 is 0. The summed E-state index contributed by atoms with van der Waals surface area (Å²) in [4.78, 5) is 29.2. The van der Waals surface area contributed by atoms with Gasteiger partial charge in [-0.3, -0.25) is 9.59 Å². The maximum absolute atomic E-state index is 12.9. The van der Waals surface area contributed by atoms with Gasteiger partial charge in [0.15, 0.2) is 0 Å². The molecule has 1 fully saturated rings. The molecule has 0 bridgehead atoms. The monoisotopic (exact) mass is 346 g/mol. The summed E-state index contributed by atoms with van der Waals surface area (Å²) in [5.74, 6) is -0.0881. The van der Waals surface area contributed by atoms with E-state index in [1.165, 1.54) is 12.1 Å². The van der Waals surface area contributed by atoms with Crippen molar-refractivity contribution in [3.05, 3.63) is 36.0 Å². The lowest BCUT2D eigenvalue weighted by Crippen LogP contribution is -2.31. The number of amides is 2. The van der Waals surface area contributed by atoms with Crippen molar-refractivity contribution in [2.45, 2.75) is 25.7 Å². The van der Waals surface area contributed by atoms with Crippen molar-refractivity contribution < 1.29 is 18.5 Å². The first-order valence-corrected chi connectivity index (χ1v) is 8.18. The summed E-state index contributed by atoms with van der Waals surface area (Å²) in [6.07, 6.45) is 2.03. The lowest BCUT2D eigenvalue weighted by Gasteiger charge is -2.15. The van der Waals surface area contributed by atoms with Gasteiger partial charge in [0.1, 0.15) is 5.82 Å². The molecular formula is C17H19FN4O3. The first kappa shape index (κ1) is 17.1. The third kappa shape index (κ3) is 4.20. The SMILES string of the molecule is NC(=O)[C@@H]1CCN(C(=O)CCCc2nc(-c3ccc(F)cc3)no2)C1. The number of hydrogen-bond acceptors (Lipinski definition) is 5. The number of halogens is 1. The fourth-order valence-corrected chi connectivity index (χ4v) is 2.84. The van der Waals surface area contributed by atoms with Gasteiger partial charge >= 0.3 is 0 Å². The molecule has 0 saturated carbocycles. The van der Waals surface area contributed by atoms with Crippen molar-refractivity contribution in [1.82, 2.24) is 15.0 Å². The molecule has 132 valence electrons. The summed E-state index contributed by atoms with van der Waals surface area (Å²) in [5, 5.41) is 3.87. The van der Waals surface area contributed by atoms with E-state index in [1.807, 2.05) is 0 Å². The standard InChI is InChI=1S/C17H19FN4O3/c18-13-6-4-11(5-7-13)17-20-14(25-21-17)2-1-3-15(23)22-9-8-12(10-22)16(19)24/h4-7,12H,1-3,8-10H2,(H2,19,24)/t12-/m1/s1. The Bertz CT molecular complexity index is 760. The fourth-order valence-electron chi connectivity index (χ4n) is 2.84. The zero-order valence-corrected chi connectivity index (χ0v) is 13.7. The predicted molar refractivity (Wildman–Crippen MR) is 86.5 cm³/mol. The second-order valence-electron chi connectivity index (χ2n) is 6.10. The molecule has 3 rings (SSSR count). The highest BCUT2D eigenvalue weighted by Gasteiger charge is 2.29. The molecule has 2 amide bonds. The molecule has 0 aliphatic carbocycles. The van der Waals surface area contributed by atoms with Crippen LogP contribution in [-0.4, -0.2) is 39.9 Å². The molecule has 2 aromatic rings. The van der Waals surface area contributed by atoms with Crippen LogP contribution in [0.25, 0.3) is 11.4 Å². The number of aromatic nitrogens is 2. The van der Waals surface area contributed by atoms with Gasteiger partial charge in [-0.2, -0.15) is 4.98 Å². The van der Waals surface area contributed by atoms with Gasteiger partial charge in [-0.25, -0.2) is 4.39 Å². The Morgan fingerprint density at radius 2 is 2.08 bits per heavy atom. The average molecular weight is 346 g/mol. The van der Waals surface area contributed by atoms with Crippen LogP contribution >= 0.6 is 0 Å². The van der Waals surface area contributed by atoms with Gasteiger partial charge in [0.05, 0.1) is 5.92 Å². The fraction of sp³-hybridized carbons (Fsp3) is 0.412. The Kier molecular flexibility index (Phi) is 5.06. The van der Waals surface area contributed by atoms with Crippen LogP contribution in [0, 0.1) is 11.7 Å². The second kappa shape index (κ2) is 7.42. The van der Waals surface area contributed by atoms with Gasteiger partial charge in [0, 0.05) is 31.5 Å². The minimum atomic E-state index is -0.352. The number of rotatable bonds is 6. The molecule has 8 heteroatoms. The number of carbonyl (C=O) groups excluding carboxylic acids is 2. The van der Waals surface area contributed by atoms with Crippen LogP contribution < -0.4 is 5.73 Å². The maximum atomic E-state index is 12.9. The molecule has 7 nitrogen and oxygen atoms in total. The Balaban J connectivity index is 1.47. The molecular weight excluding hydrogens is 327 g/mol. The van der Waals surface area contributed by atoms with Crippen molar-refractivity contribution in [1.29, 1.82) is 0 Å². The molecule has 1 aliphatic heterocycles. The van der Waals surface area contributed by atoms with Gasteiger partial charge in [-0.05, 0) is 37.1 Å². The van der Waals surface area contributed by atoms with E-state index < -0.39 is 0 Å². The smallest absolute Gasteiger partial charge is 0.226 e. The second-order valence-corrected chi connectivity index (χ2v) is 6.10. The van der Waals surface area contributed by atoms with Crippen LogP contribution in [-0.2, 0) is 16.0 Å². The molecule has 1 atom stereocenters. The third-order valence-electron chi connectivity index (χ3n) is 4.30. The van der Waals surface area contributed by atoms with Crippen molar-refractivity contribution in [2.24, 2.45) is 11.7 Å². The van der Waals surface area contributed by atoms with Crippen LogP contribution in [0.3, 0.4) is 0 Å². The number of carbonyl (C=O) groups is 2. The molecule has 1 aliphatic rings. The first-order valence-electron chi connectivity index (χ1n) is 8.18. The predicted octanol–water partition coefficient (Wildman–Crippen LogP) is 1.53. The van der Waals surface area contributed by atoms with E-state index in [0.29, 0.717) is 56.1 Å². The number of nitrogens with zero attached hydrogens (tertiary/aromatic N) is 3. The van der Waals surface area contributed by atoms with E-state index in [-0.39, 0.29) is 23.5 Å². The van der Waals surface area contributed by atoms with E-state index >= 15 is 0 Å². The highest BCUT2D eigenvalue weighted by Crippen LogP contribution is 2.19. The van der Waals surface area contributed by atoms with E-state index in [9.17, 15) is 14.0 Å². The molecule has 0 radical (unpaired) electrons. The number of benzene rings is 1. The summed E-state index contributed by atoms with van der Waals surface area (Å²) in [5.41, 5.74) is 5.94. The van der Waals surface area contributed by atoms with Gasteiger partial charge < -0.3 is 15.2 Å². The van der Waals surface area contributed by atoms with Crippen molar-refractivity contribution in [2.75, 3.05) is 13.1 Å². The maximum Gasteiger partial charge on any atom is 0.226 e. The Morgan fingerprint density at radius 3 is 2.76 bits per heavy atom. The van der Waals surface area contributed by atoms with Crippen LogP contribution in [0.4, 0.5) is 4.39 Å². The van der Waals surface area contributed by atoms with Gasteiger partial charge in [0.2, 0.25) is 23.5 Å². The largest absolute Gasteiger partial charge is 0.369 e. The zero-order valence-electron chi connectivity index (χ0n) is 13.7. The Hall–Kier alpha value is -2.77. The van der Waals surface area contributed by atoms with Crippen LogP contribution in [0.5, 0.6) is 0 Å². The van der Waals surface area contributed by atoms with E-state index in [0.717, 1.165) is 0 Å². The van der Waals surface area contributed by atoms with Crippen molar-refractivity contribution in [3.8, 4) is 11.4 Å². The van der Waals surface area contributed by atoms with E-state index in [4.69, 9.17) is 10.3 Å². The number of hydrogen-bond donors (Lipinski definition) is 1. The minimum Gasteiger partial charge on any atom is -0.369 e. The zero-order chi connectivity index (χ0) is 17.8. The molecule has 1 saturated heterocycles. The minimum absolute atomic E-state index is 0.00187. The number of primary amides is 1. The Labute approximate surface area is 144 Å². The lowest BCUT2D eigenvalue weighted by molar-refractivity contribution is -0.130. The van der Waals surface area contributed by atoms with Crippen molar-refractivity contribution in [3.63, 3.8) is 0 Å². The molecule has 2 N–H and O–H groups in total. The normalized spacial score (nSPS) is 17.0. The summed E-state index contributed by atoms with van der Waals surface area (Å²) < 4.78 is 18.1. The Morgan fingerprint density at radius 1 is 1.32 bits per heavy atom. The molecule has 25 heavy (non-hydrogen) atoms.